The second-order valence-electron chi connectivity index (χ2n) is 16.0. The lowest BCUT2D eigenvalue weighted by atomic mass is 10.0. The first kappa shape index (κ1) is 44.4. The number of allylic oxidation sites excluding steroid dienone is 1. The fourth-order valence-electron chi connectivity index (χ4n) is 7.30. The van der Waals surface area contributed by atoms with Gasteiger partial charge in [-0.15, -0.1) is 11.3 Å². The van der Waals surface area contributed by atoms with Gasteiger partial charge in [0.15, 0.2) is 11.1 Å². The van der Waals surface area contributed by atoms with Crippen molar-refractivity contribution in [2.45, 2.75) is 121 Å². The SMILES string of the molecule is COc1ccc2c(=O)cc(-c3nc(C(C)C)cs3)[nH]c2c1C.Cc1conc1C(=O)N[C@H]1CCCCC/C=C\[C@@H]2CC2NC(=O)C2CCCN2C1=O.O=CNS(=O)C1CC1. The number of ether oxygens (including phenoxy) is 1. The second-order valence-corrected chi connectivity index (χ2v) is 18.3. The molecule has 0 radical (unpaired) electrons. The lowest BCUT2D eigenvalue weighted by Gasteiger charge is -2.28. The van der Waals surface area contributed by atoms with Crippen LogP contribution in [0.2, 0.25) is 0 Å². The molecule has 2 aliphatic heterocycles. The van der Waals surface area contributed by atoms with Crippen molar-refractivity contribution in [2.24, 2.45) is 5.92 Å². The number of hydrogen-bond donors (Lipinski definition) is 4. The molecule has 5 heterocycles. The number of hydrogen-bond acceptors (Lipinski definition) is 11. The Morgan fingerprint density at radius 3 is 2.58 bits per heavy atom. The smallest absolute Gasteiger partial charge is 0.274 e. The van der Waals surface area contributed by atoms with E-state index in [-0.39, 0.29) is 34.2 Å². The van der Waals surface area contributed by atoms with Crippen molar-refractivity contribution in [3.05, 3.63) is 74.7 Å². The molecule has 15 nitrogen and oxygen atoms in total. The van der Waals surface area contributed by atoms with Gasteiger partial charge in [-0.2, -0.15) is 0 Å². The number of carbonyl (C=O) groups excluding carboxylic acids is 4. The van der Waals surface area contributed by atoms with Crippen LogP contribution in [0.25, 0.3) is 21.6 Å². The Kier molecular flexibility index (Phi) is 15.1. The quantitative estimate of drug-likeness (QED) is 0.125. The van der Waals surface area contributed by atoms with Crippen LogP contribution in [0.15, 0.2) is 51.3 Å². The molecule has 2 saturated carbocycles. The molecule has 4 N–H and O–H groups in total. The molecule has 3 unspecified atom stereocenters. The molecule has 0 spiro atoms. The summed E-state index contributed by atoms with van der Waals surface area (Å²) in [7, 11) is 0.552. The first-order valence-corrected chi connectivity index (χ1v) is 22.8. The normalized spacial score (nSPS) is 22.6. The van der Waals surface area contributed by atoms with Crippen molar-refractivity contribution < 1.29 is 32.6 Å². The Labute approximate surface area is 356 Å². The molecular formula is C43H55N7O8S2. The number of H-pyrrole nitrogens is 1. The van der Waals surface area contributed by atoms with Crippen molar-refractivity contribution in [3.8, 4) is 16.5 Å². The molecule has 4 aromatic rings. The number of benzene rings is 1. The molecular weight excluding hydrogens is 807 g/mol. The highest BCUT2D eigenvalue weighted by Gasteiger charge is 2.42. The van der Waals surface area contributed by atoms with Gasteiger partial charge in [-0.1, -0.05) is 44.0 Å². The van der Waals surface area contributed by atoms with E-state index < -0.39 is 29.0 Å². The van der Waals surface area contributed by atoms with E-state index in [1.165, 1.54) is 6.26 Å². The molecule has 1 aromatic carbocycles. The number of aromatic nitrogens is 3. The maximum atomic E-state index is 13.4. The van der Waals surface area contributed by atoms with Crippen LogP contribution in [-0.4, -0.2) is 85.4 Å². The molecule has 0 bridgehead atoms. The number of pyridine rings is 1. The van der Waals surface area contributed by atoms with Crippen LogP contribution in [-0.2, 0) is 25.4 Å². The van der Waals surface area contributed by atoms with Gasteiger partial charge in [-0.25, -0.2) is 9.19 Å². The largest absolute Gasteiger partial charge is 0.496 e. The Morgan fingerprint density at radius 2 is 1.90 bits per heavy atom. The monoisotopic (exact) mass is 861 g/mol. The zero-order valence-corrected chi connectivity index (χ0v) is 36.4. The summed E-state index contributed by atoms with van der Waals surface area (Å²) in [6.45, 7) is 8.44. The summed E-state index contributed by atoms with van der Waals surface area (Å²) >= 11 is 1.55. The van der Waals surface area contributed by atoms with E-state index in [0.29, 0.717) is 48.6 Å². The third-order valence-corrected chi connectivity index (χ3v) is 13.4. The summed E-state index contributed by atoms with van der Waals surface area (Å²) in [4.78, 5) is 70.5. The van der Waals surface area contributed by atoms with E-state index in [1.54, 1.807) is 42.4 Å². The number of nitrogens with zero attached hydrogens (tertiary/aromatic N) is 3. The van der Waals surface area contributed by atoms with Crippen molar-refractivity contribution >= 4 is 57.4 Å². The molecule has 1 saturated heterocycles. The zero-order valence-electron chi connectivity index (χ0n) is 34.8. The van der Waals surface area contributed by atoms with E-state index >= 15 is 0 Å². The number of aryl methyl sites for hydroxylation is 2. The Balaban J connectivity index is 0.000000175. The van der Waals surface area contributed by atoms with Crippen LogP contribution < -0.4 is 25.5 Å². The van der Waals surface area contributed by atoms with E-state index in [2.05, 4.69) is 56.5 Å². The Morgan fingerprint density at radius 1 is 1.10 bits per heavy atom. The molecule has 2 aliphatic carbocycles. The van der Waals surface area contributed by atoms with Crippen LogP contribution in [0, 0.1) is 19.8 Å². The van der Waals surface area contributed by atoms with Crippen molar-refractivity contribution in [2.75, 3.05) is 13.7 Å². The summed E-state index contributed by atoms with van der Waals surface area (Å²) < 4.78 is 23.0. The van der Waals surface area contributed by atoms with Crippen LogP contribution in [0.4, 0.5) is 0 Å². The molecule has 60 heavy (non-hydrogen) atoms. The van der Waals surface area contributed by atoms with Gasteiger partial charge in [0.1, 0.15) is 40.1 Å². The fraction of sp³-hybridized carbons (Fsp3) is 0.512. The lowest BCUT2D eigenvalue weighted by Crippen LogP contribution is -2.53. The number of thiazole rings is 1. The summed E-state index contributed by atoms with van der Waals surface area (Å²) in [5.74, 6) is 0.890. The summed E-state index contributed by atoms with van der Waals surface area (Å²) in [6.07, 6.45) is 15.1. The van der Waals surface area contributed by atoms with Gasteiger partial charge >= 0.3 is 0 Å². The minimum atomic E-state index is -1.08. The fourth-order valence-corrected chi connectivity index (χ4v) is 9.10. The highest BCUT2D eigenvalue weighted by atomic mass is 32.2. The average Bonchev–Trinajstić information content (AvgIpc) is 4.00. The number of fused-ring (bicyclic) bond motifs is 3. The summed E-state index contributed by atoms with van der Waals surface area (Å²) in [6, 6.07) is 4.30. The third kappa shape index (κ3) is 11.2. The molecule has 4 amide bonds. The minimum Gasteiger partial charge on any atom is -0.496 e. The Bertz CT molecular complexity index is 2280. The van der Waals surface area contributed by atoms with Crippen molar-refractivity contribution in [3.63, 3.8) is 0 Å². The van der Waals surface area contributed by atoms with Crippen LogP contribution in [0.1, 0.15) is 111 Å². The molecule has 17 heteroatoms. The second kappa shape index (κ2) is 20.4. The minimum absolute atomic E-state index is 0.00389. The molecule has 3 fully saturated rings. The van der Waals surface area contributed by atoms with Gasteiger partial charge in [0.25, 0.3) is 5.91 Å². The molecule has 3 aromatic heterocycles. The molecule has 5 atom stereocenters. The summed E-state index contributed by atoms with van der Waals surface area (Å²) in [5.41, 5.74) is 4.35. The average molecular weight is 862 g/mol. The number of nitrogens with one attached hydrogen (secondary N) is 4. The topological polar surface area (TPSA) is 206 Å². The number of rotatable bonds is 8. The standard InChI is InChI=1S/C22H30N4O4.C17H18N2O2S.C4H7NO2S/c1-14-13-30-25-19(14)21(28)23-16-9-6-4-2-3-5-8-15-12-17(15)24-20(27)18-10-7-11-26(18)22(16)29;1-9(2)13-8-22-17(19-13)12-7-14(20)11-5-6-15(21-4)10(3)16(11)18-12;6-3-5-8(7)4-1-2-4/h5,8,13,15-18H,2-4,6-7,9-12H2,1H3,(H,23,28)(H,24,27);5-9H,1-4H3,(H,18,20);3-4H,1-2H2,(H,5,6)/b8-5-;;/t15-,16+,17?,18?;;/m1../s1. The highest BCUT2D eigenvalue weighted by Crippen LogP contribution is 2.33. The molecule has 8 rings (SSSR count). The van der Waals surface area contributed by atoms with Crippen LogP contribution in [0.5, 0.6) is 5.75 Å². The first-order valence-electron chi connectivity index (χ1n) is 20.7. The van der Waals surface area contributed by atoms with E-state index in [0.717, 1.165) is 84.6 Å². The van der Waals surface area contributed by atoms with Crippen molar-refractivity contribution in [1.82, 2.24) is 35.4 Å². The maximum absolute atomic E-state index is 13.4. The lowest BCUT2D eigenvalue weighted by molar-refractivity contribution is -0.140. The van der Waals surface area contributed by atoms with Crippen LogP contribution in [0.3, 0.4) is 0 Å². The predicted molar refractivity (Wildman–Crippen MR) is 231 cm³/mol. The van der Waals surface area contributed by atoms with Gasteiger partial charge in [-0.3, -0.25) is 28.7 Å². The van der Waals surface area contributed by atoms with Crippen LogP contribution >= 0.6 is 11.3 Å². The van der Waals surface area contributed by atoms with Gasteiger partial charge in [0.05, 0.1) is 29.3 Å². The summed E-state index contributed by atoms with van der Waals surface area (Å²) in [5, 5.41) is 13.5. The Hall–Kier alpha value is -5.16. The molecule has 322 valence electrons. The van der Waals surface area contributed by atoms with Gasteiger partial charge in [0.2, 0.25) is 18.2 Å². The van der Waals surface area contributed by atoms with Gasteiger partial charge in [-0.05, 0) is 89.2 Å². The first-order chi connectivity index (χ1) is 28.9. The molecule has 4 aliphatic rings. The van der Waals surface area contributed by atoms with E-state index in [9.17, 15) is 28.2 Å². The number of methoxy groups -OCH3 is 1. The zero-order chi connectivity index (χ0) is 42.9. The number of carbonyl (C=O) groups is 4. The van der Waals surface area contributed by atoms with E-state index in [1.807, 2.05) is 18.4 Å². The predicted octanol–water partition coefficient (Wildman–Crippen LogP) is 5.75. The van der Waals surface area contributed by atoms with Gasteiger partial charge < -0.3 is 29.8 Å². The van der Waals surface area contributed by atoms with E-state index in [4.69, 9.17) is 9.26 Å². The third-order valence-electron chi connectivity index (χ3n) is 11.1. The maximum Gasteiger partial charge on any atom is 0.274 e. The number of amides is 4. The van der Waals surface area contributed by atoms with Gasteiger partial charge in [0, 0.05) is 40.5 Å². The van der Waals surface area contributed by atoms with Crippen molar-refractivity contribution in [1.29, 1.82) is 0 Å². The highest BCUT2D eigenvalue weighted by molar-refractivity contribution is 7.84. The number of aromatic amines is 1.